The van der Waals surface area contributed by atoms with Crippen molar-refractivity contribution < 1.29 is 9.47 Å². The lowest BCUT2D eigenvalue weighted by atomic mass is 10.1. The molecule has 2 aromatic heterocycles. The molecule has 0 unspecified atom stereocenters. The SMILES string of the molecule is COCCOc1ncc2[nH]cc(Cc3ccccc3)c2n1. The Labute approximate surface area is 123 Å². The highest BCUT2D eigenvalue weighted by Crippen LogP contribution is 2.20. The standard InChI is InChI=1S/C16H17N3O2/c1-20-7-8-21-16-18-11-14-15(19-16)13(10-17-14)9-12-5-3-2-4-6-12/h2-6,10-11,17H,7-9H2,1H3. The highest BCUT2D eigenvalue weighted by atomic mass is 16.5. The van der Waals surface area contributed by atoms with Crippen LogP contribution in [-0.2, 0) is 11.2 Å². The Kier molecular flexibility index (Phi) is 4.12. The van der Waals surface area contributed by atoms with Crippen molar-refractivity contribution in [2.75, 3.05) is 20.3 Å². The van der Waals surface area contributed by atoms with Crippen molar-refractivity contribution in [2.24, 2.45) is 0 Å². The van der Waals surface area contributed by atoms with Gasteiger partial charge in [-0.05, 0) is 5.56 Å². The molecule has 108 valence electrons. The van der Waals surface area contributed by atoms with Crippen molar-refractivity contribution in [3.05, 3.63) is 53.9 Å². The molecule has 0 amide bonds. The summed E-state index contributed by atoms with van der Waals surface area (Å²) in [5, 5.41) is 0. The van der Waals surface area contributed by atoms with E-state index in [0.29, 0.717) is 19.2 Å². The molecule has 5 heteroatoms. The zero-order chi connectivity index (χ0) is 14.5. The fourth-order valence-corrected chi connectivity index (χ4v) is 2.19. The molecular formula is C16H17N3O2. The van der Waals surface area contributed by atoms with Crippen molar-refractivity contribution >= 4 is 11.0 Å². The van der Waals surface area contributed by atoms with Gasteiger partial charge in [-0.25, -0.2) is 4.98 Å². The van der Waals surface area contributed by atoms with Crippen LogP contribution in [0, 0.1) is 0 Å². The average Bonchev–Trinajstić information content (AvgIpc) is 2.91. The molecular weight excluding hydrogens is 266 g/mol. The van der Waals surface area contributed by atoms with E-state index in [-0.39, 0.29) is 0 Å². The lowest BCUT2D eigenvalue weighted by Gasteiger charge is -2.04. The molecule has 0 radical (unpaired) electrons. The van der Waals surface area contributed by atoms with Gasteiger partial charge in [0.15, 0.2) is 0 Å². The van der Waals surface area contributed by atoms with Crippen LogP contribution in [0.4, 0.5) is 0 Å². The lowest BCUT2D eigenvalue weighted by Crippen LogP contribution is -2.06. The van der Waals surface area contributed by atoms with E-state index >= 15 is 0 Å². The third-order valence-corrected chi connectivity index (χ3v) is 3.23. The summed E-state index contributed by atoms with van der Waals surface area (Å²) in [5.41, 5.74) is 4.20. The van der Waals surface area contributed by atoms with E-state index in [1.165, 1.54) is 5.56 Å². The summed E-state index contributed by atoms with van der Waals surface area (Å²) in [6, 6.07) is 10.7. The number of ether oxygens (including phenoxy) is 2. The first-order valence-corrected chi connectivity index (χ1v) is 6.85. The van der Waals surface area contributed by atoms with Crippen LogP contribution in [0.25, 0.3) is 11.0 Å². The monoisotopic (exact) mass is 283 g/mol. The number of fused-ring (bicyclic) bond motifs is 1. The molecule has 3 rings (SSSR count). The molecule has 1 N–H and O–H groups in total. The second-order valence-electron chi connectivity index (χ2n) is 4.73. The van der Waals surface area contributed by atoms with Crippen LogP contribution in [0.2, 0.25) is 0 Å². The normalized spacial score (nSPS) is 10.9. The largest absolute Gasteiger partial charge is 0.461 e. The maximum absolute atomic E-state index is 5.47. The molecule has 0 aliphatic heterocycles. The molecule has 1 aromatic carbocycles. The summed E-state index contributed by atoms with van der Waals surface area (Å²) in [7, 11) is 1.64. The third kappa shape index (κ3) is 3.20. The Morgan fingerprint density at radius 2 is 2.00 bits per heavy atom. The molecule has 21 heavy (non-hydrogen) atoms. The summed E-state index contributed by atoms with van der Waals surface area (Å²) in [5.74, 6) is 0. The number of nitrogens with zero attached hydrogens (tertiary/aromatic N) is 2. The summed E-state index contributed by atoms with van der Waals surface area (Å²) < 4.78 is 10.4. The van der Waals surface area contributed by atoms with E-state index in [4.69, 9.17) is 9.47 Å². The van der Waals surface area contributed by atoms with Crippen LogP contribution in [0.1, 0.15) is 11.1 Å². The number of hydrogen-bond donors (Lipinski definition) is 1. The zero-order valence-corrected chi connectivity index (χ0v) is 11.9. The molecule has 0 saturated heterocycles. The maximum atomic E-state index is 5.47. The predicted octanol–water partition coefficient (Wildman–Crippen LogP) is 2.57. The fourth-order valence-electron chi connectivity index (χ4n) is 2.19. The predicted molar refractivity (Wildman–Crippen MR) is 80.5 cm³/mol. The molecule has 0 aliphatic rings. The van der Waals surface area contributed by atoms with Crippen LogP contribution < -0.4 is 4.74 Å². The van der Waals surface area contributed by atoms with Crippen molar-refractivity contribution in [2.45, 2.75) is 6.42 Å². The number of rotatable bonds is 6. The van der Waals surface area contributed by atoms with Crippen LogP contribution in [0.5, 0.6) is 6.01 Å². The van der Waals surface area contributed by atoms with Gasteiger partial charge in [0.1, 0.15) is 6.61 Å². The first-order chi connectivity index (χ1) is 10.4. The minimum atomic E-state index is 0.383. The average molecular weight is 283 g/mol. The smallest absolute Gasteiger partial charge is 0.317 e. The zero-order valence-electron chi connectivity index (χ0n) is 11.9. The fraction of sp³-hybridized carbons (Fsp3) is 0.250. The van der Waals surface area contributed by atoms with E-state index in [1.54, 1.807) is 13.3 Å². The molecule has 0 bridgehead atoms. The number of benzene rings is 1. The first kappa shape index (κ1) is 13.6. The third-order valence-electron chi connectivity index (χ3n) is 3.23. The first-order valence-electron chi connectivity index (χ1n) is 6.85. The van der Waals surface area contributed by atoms with Gasteiger partial charge in [0.25, 0.3) is 0 Å². The number of methoxy groups -OCH3 is 1. The molecule has 0 fully saturated rings. The maximum Gasteiger partial charge on any atom is 0.317 e. The number of aromatic amines is 1. The van der Waals surface area contributed by atoms with Gasteiger partial charge in [-0.15, -0.1) is 0 Å². The van der Waals surface area contributed by atoms with E-state index in [2.05, 4.69) is 27.1 Å². The molecule has 0 spiro atoms. The van der Waals surface area contributed by atoms with E-state index in [0.717, 1.165) is 23.0 Å². The van der Waals surface area contributed by atoms with E-state index < -0.39 is 0 Å². The topological polar surface area (TPSA) is 60.0 Å². The number of H-pyrrole nitrogens is 1. The Morgan fingerprint density at radius 1 is 1.14 bits per heavy atom. The van der Waals surface area contributed by atoms with Crippen molar-refractivity contribution in [1.29, 1.82) is 0 Å². The van der Waals surface area contributed by atoms with Gasteiger partial charge in [-0.1, -0.05) is 30.3 Å². The van der Waals surface area contributed by atoms with Crippen LogP contribution in [0.3, 0.4) is 0 Å². The van der Waals surface area contributed by atoms with Gasteiger partial charge in [0.05, 0.1) is 23.8 Å². The van der Waals surface area contributed by atoms with Gasteiger partial charge in [0.2, 0.25) is 0 Å². The Hall–Kier alpha value is -2.40. The molecule has 0 saturated carbocycles. The van der Waals surface area contributed by atoms with E-state index in [9.17, 15) is 0 Å². The van der Waals surface area contributed by atoms with Crippen molar-refractivity contribution in [1.82, 2.24) is 15.0 Å². The Morgan fingerprint density at radius 3 is 2.81 bits per heavy atom. The van der Waals surface area contributed by atoms with Gasteiger partial charge in [0, 0.05) is 25.3 Å². The minimum Gasteiger partial charge on any atom is -0.461 e. The van der Waals surface area contributed by atoms with Crippen LogP contribution in [-0.4, -0.2) is 35.3 Å². The van der Waals surface area contributed by atoms with Gasteiger partial charge in [-0.3, -0.25) is 0 Å². The molecule has 3 aromatic rings. The highest BCUT2D eigenvalue weighted by molar-refractivity contribution is 5.78. The van der Waals surface area contributed by atoms with Crippen LogP contribution in [0.15, 0.2) is 42.7 Å². The van der Waals surface area contributed by atoms with Crippen LogP contribution >= 0.6 is 0 Å². The van der Waals surface area contributed by atoms with Crippen molar-refractivity contribution in [3.8, 4) is 6.01 Å². The second-order valence-corrected chi connectivity index (χ2v) is 4.73. The molecule has 5 nitrogen and oxygen atoms in total. The second kappa shape index (κ2) is 6.37. The number of hydrogen-bond acceptors (Lipinski definition) is 4. The summed E-state index contributed by atoms with van der Waals surface area (Å²) in [6.07, 6.45) is 4.56. The Balaban J connectivity index is 1.83. The van der Waals surface area contributed by atoms with Gasteiger partial charge in [-0.2, -0.15) is 4.98 Å². The summed E-state index contributed by atoms with van der Waals surface area (Å²) in [4.78, 5) is 11.9. The lowest BCUT2D eigenvalue weighted by molar-refractivity contribution is 0.141. The van der Waals surface area contributed by atoms with Crippen molar-refractivity contribution in [3.63, 3.8) is 0 Å². The number of aromatic nitrogens is 3. The van der Waals surface area contributed by atoms with Gasteiger partial charge >= 0.3 is 6.01 Å². The summed E-state index contributed by atoms with van der Waals surface area (Å²) in [6.45, 7) is 0.964. The van der Waals surface area contributed by atoms with E-state index in [1.807, 2.05) is 24.4 Å². The molecule has 2 heterocycles. The highest BCUT2D eigenvalue weighted by Gasteiger charge is 2.08. The van der Waals surface area contributed by atoms with Gasteiger partial charge < -0.3 is 14.5 Å². The quantitative estimate of drug-likeness (QED) is 0.706. The summed E-state index contributed by atoms with van der Waals surface area (Å²) >= 11 is 0. The molecule has 0 atom stereocenters. The Bertz CT molecular complexity index is 710. The minimum absolute atomic E-state index is 0.383. The number of nitrogens with one attached hydrogen (secondary N) is 1. The molecule has 0 aliphatic carbocycles.